The zero-order valence-electron chi connectivity index (χ0n) is 14.0. The van der Waals surface area contributed by atoms with Gasteiger partial charge >= 0.3 is 0 Å². The molecule has 0 aliphatic carbocycles. The molecule has 1 heterocycles. The van der Waals surface area contributed by atoms with Gasteiger partial charge in [-0.05, 0) is 30.8 Å². The molecule has 2 aromatic rings. The summed E-state index contributed by atoms with van der Waals surface area (Å²) in [5.41, 5.74) is 0. The summed E-state index contributed by atoms with van der Waals surface area (Å²) in [5, 5.41) is 5.59. The highest BCUT2D eigenvalue weighted by atomic mass is 35.5. The van der Waals surface area contributed by atoms with E-state index >= 15 is 0 Å². The molecule has 2 aromatic carbocycles. The van der Waals surface area contributed by atoms with Crippen molar-refractivity contribution >= 4 is 29.1 Å². The second-order valence-corrected chi connectivity index (χ2v) is 6.08. The summed E-state index contributed by atoms with van der Waals surface area (Å²) in [6.45, 7) is 2.48. The number of ether oxygens (including phenoxy) is 1. The van der Waals surface area contributed by atoms with Gasteiger partial charge in [-0.3, -0.25) is 4.79 Å². The first-order chi connectivity index (χ1) is 11.3. The monoisotopic (exact) mass is 348 g/mol. The SMILES string of the molecule is CN(C(=O)CCCOc1cccc2ccccc12)C1CCNC1.Cl. The van der Waals surface area contributed by atoms with E-state index in [1.807, 2.05) is 36.2 Å². The van der Waals surface area contributed by atoms with E-state index in [-0.39, 0.29) is 18.3 Å². The van der Waals surface area contributed by atoms with Crippen LogP contribution in [0.4, 0.5) is 0 Å². The Morgan fingerprint density at radius 2 is 2.04 bits per heavy atom. The van der Waals surface area contributed by atoms with Crippen LogP contribution in [0.15, 0.2) is 42.5 Å². The van der Waals surface area contributed by atoms with Crippen molar-refractivity contribution in [3.8, 4) is 5.75 Å². The molecule has 1 aliphatic rings. The molecule has 0 bridgehead atoms. The Balaban J connectivity index is 0.00000208. The molecule has 1 aliphatic heterocycles. The lowest BCUT2D eigenvalue weighted by Gasteiger charge is -2.23. The topological polar surface area (TPSA) is 41.6 Å². The lowest BCUT2D eigenvalue weighted by atomic mass is 10.1. The number of rotatable bonds is 6. The zero-order chi connectivity index (χ0) is 16.1. The molecule has 3 rings (SSSR count). The smallest absolute Gasteiger partial charge is 0.222 e. The molecule has 1 amide bonds. The van der Waals surface area contributed by atoms with Crippen LogP contribution in [0.1, 0.15) is 19.3 Å². The van der Waals surface area contributed by atoms with Crippen LogP contribution >= 0.6 is 12.4 Å². The molecule has 4 nitrogen and oxygen atoms in total. The molecule has 1 fully saturated rings. The summed E-state index contributed by atoms with van der Waals surface area (Å²) in [4.78, 5) is 14.1. The number of likely N-dealkylation sites (N-methyl/N-ethyl adjacent to an activating group) is 1. The number of nitrogens with zero attached hydrogens (tertiary/aromatic N) is 1. The van der Waals surface area contributed by atoms with Crippen molar-refractivity contribution in [1.29, 1.82) is 0 Å². The molecule has 0 saturated carbocycles. The zero-order valence-corrected chi connectivity index (χ0v) is 14.8. The minimum Gasteiger partial charge on any atom is -0.493 e. The van der Waals surface area contributed by atoms with Gasteiger partial charge in [-0.15, -0.1) is 12.4 Å². The molecule has 5 heteroatoms. The molecule has 0 radical (unpaired) electrons. The molecule has 1 atom stereocenters. The number of halogens is 1. The third-order valence-electron chi connectivity index (χ3n) is 4.52. The minimum atomic E-state index is 0. The second kappa shape index (κ2) is 8.90. The Morgan fingerprint density at radius 1 is 1.25 bits per heavy atom. The Bertz CT molecular complexity index is 666. The quantitative estimate of drug-likeness (QED) is 0.815. The molecule has 1 unspecified atom stereocenters. The summed E-state index contributed by atoms with van der Waals surface area (Å²) in [6, 6.07) is 14.6. The maximum absolute atomic E-state index is 12.2. The third kappa shape index (κ3) is 4.40. The maximum atomic E-state index is 12.2. The van der Waals surface area contributed by atoms with Gasteiger partial charge in [-0.25, -0.2) is 0 Å². The van der Waals surface area contributed by atoms with Gasteiger partial charge in [-0.1, -0.05) is 36.4 Å². The first-order valence-corrected chi connectivity index (χ1v) is 8.32. The van der Waals surface area contributed by atoms with Crippen LogP contribution in [0.5, 0.6) is 5.75 Å². The summed E-state index contributed by atoms with van der Waals surface area (Å²) in [7, 11) is 1.91. The molecular weight excluding hydrogens is 324 g/mol. The number of nitrogens with one attached hydrogen (secondary N) is 1. The average molecular weight is 349 g/mol. The highest BCUT2D eigenvalue weighted by molar-refractivity contribution is 5.88. The normalized spacial score (nSPS) is 16.6. The van der Waals surface area contributed by atoms with Crippen molar-refractivity contribution in [2.45, 2.75) is 25.3 Å². The molecule has 130 valence electrons. The fourth-order valence-electron chi connectivity index (χ4n) is 3.08. The van der Waals surface area contributed by atoms with Gasteiger partial charge in [-0.2, -0.15) is 0 Å². The van der Waals surface area contributed by atoms with Gasteiger partial charge in [0.1, 0.15) is 5.75 Å². The fraction of sp³-hybridized carbons (Fsp3) is 0.421. The number of benzene rings is 2. The Labute approximate surface area is 149 Å². The standard InChI is InChI=1S/C19H24N2O2.ClH/c1-21(16-11-12-20-14-16)19(22)10-5-13-23-18-9-4-7-15-6-2-3-8-17(15)18;/h2-4,6-9,16,20H,5,10-14H2,1H3;1H. The first kappa shape index (κ1) is 18.6. The van der Waals surface area contributed by atoms with E-state index < -0.39 is 0 Å². The van der Waals surface area contributed by atoms with Crippen LogP contribution < -0.4 is 10.1 Å². The van der Waals surface area contributed by atoms with Crippen molar-refractivity contribution in [3.05, 3.63) is 42.5 Å². The van der Waals surface area contributed by atoms with Crippen LogP contribution in [0, 0.1) is 0 Å². The highest BCUT2D eigenvalue weighted by Gasteiger charge is 2.22. The highest BCUT2D eigenvalue weighted by Crippen LogP contribution is 2.25. The van der Waals surface area contributed by atoms with Crippen molar-refractivity contribution in [2.75, 3.05) is 26.7 Å². The molecule has 1 saturated heterocycles. The molecule has 24 heavy (non-hydrogen) atoms. The molecular formula is C19H25ClN2O2. The summed E-state index contributed by atoms with van der Waals surface area (Å²) in [6.07, 6.45) is 2.33. The Morgan fingerprint density at radius 3 is 2.83 bits per heavy atom. The molecule has 1 N–H and O–H groups in total. The predicted molar refractivity (Wildman–Crippen MR) is 100.0 cm³/mol. The van der Waals surface area contributed by atoms with Crippen LogP contribution in [0.25, 0.3) is 10.8 Å². The van der Waals surface area contributed by atoms with Gasteiger partial charge in [0.25, 0.3) is 0 Å². The van der Waals surface area contributed by atoms with Gasteiger partial charge in [0.2, 0.25) is 5.91 Å². The summed E-state index contributed by atoms with van der Waals surface area (Å²) < 4.78 is 5.89. The minimum absolute atomic E-state index is 0. The Kier molecular flexibility index (Phi) is 6.88. The number of hydrogen-bond acceptors (Lipinski definition) is 3. The fourth-order valence-corrected chi connectivity index (χ4v) is 3.08. The van der Waals surface area contributed by atoms with Crippen LogP contribution in [0.3, 0.4) is 0 Å². The van der Waals surface area contributed by atoms with Gasteiger partial charge < -0.3 is 15.0 Å². The number of hydrogen-bond donors (Lipinski definition) is 1. The van der Waals surface area contributed by atoms with E-state index in [0.717, 1.165) is 37.1 Å². The number of amides is 1. The van der Waals surface area contributed by atoms with E-state index in [0.29, 0.717) is 19.1 Å². The average Bonchev–Trinajstić information content (AvgIpc) is 3.12. The van der Waals surface area contributed by atoms with Crippen LogP contribution in [-0.2, 0) is 4.79 Å². The van der Waals surface area contributed by atoms with Crippen molar-refractivity contribution in [2.24, 2.45) is 0 Å². The van der Waals surface area contributed by atoms with Crippen molar-refractivity contribution in [1.82, 2.24) is 10.2 Å². The van der Waals surface area contributed by atoms with Gasteiger partial charge in [0.15, 0.2) is 0 Å². The van der Waals surface area contributed by atoms with E-state index in [4.69, 9.17) is 4.74 Å². The van der Waals surface area contributed by atoms with Crippen LogP contribution in [0.2, 0.25) is 0 Å². The lowest BCUT2D eigenvalue weighted by molar-refractivity contribution is -0.131. The van der Waals surface area contributed by atoms with E-state index in [9.17, 15) is 4.79 Å². The number of carbonyl (C=O) groups is 1. The lowest BCUT2D eigenvalue weighted by Crippen LogP contribution is -2.38. The first-order valence-electron chi connectivity index (χ1n) is 8.32. The number of carbonyl (C=O) groups excluding carboxylic acids is 1. The second-order valence-electron chi connectivity index (χ2n) is 6.08. The largest absolute Gasteiger partial charge is 0.493 e. The van der Waals surface area contributed by atoms with Crippen molar-refractivity contribution in [3.63, 3.8) is 0 Å². The molecule has 0 aromatic heterocycles. The molecule has 0 spiro atoms. The van der Waals surface area contributed by atoms with E-state index in [2.05, 4.69) is 23.5 Å². The third-order valence-corrected chi connectivity index (χ3v) is 4.52. The predicted octanol–water partition coefficient (Wildman–Crippen LogP) is 3.24. The van der Waals surface area contributed by atoms with E-state index in [1.165, 1.54) is 5.39 Å². The summed E-state index contributed by atoms with van der Waals surface area (Å²) >= 11 is 0. The van der Waals surface area contributed by atoms with Gasteiger partial charge in [0.05, 0.1) is 6.61 Å². The van der Waals surface area contributed by atoms with E-state index in [1.54, 1.807) is 0 Å². The summed E-state index contributed by atoms with van der Waals surface area (Å²) in [5.74, 6) is 1.10. The van der Waals surface area contributed by atoms with Crippen LogP contribution in [-0.4, -0.2) is 43.6 Å². The Hall–Kier alpha value is -1.78. The van der Waals surface area contributed by atoms with Gasteiger partial charge in [0, 0.05) is 31.4 Å². The number of fused-ring (bicyclic) bond motifs is 1. The van der Waals surface area contributed by atoms with Crippen molar-refractivity contribution < 1.29 is 9.53 Å². The maximum Gasteiger partial charge on any atom is 0.222 e.